The summed E-state index contributed by atoms with van der Waals surface area (Å²) in [6.07, 6.45) is 1.53. The van der Waals surface area contributed by atoms with Gasteiger partial charge >= 0.3 is 0 Å². The van der Waals surface area contributed by atoms with Crippen LogP contribution in [0.15, 0.2) is 108 Å². The number of benzene rings is 4. The third-order valence-corrected chi connectivity index (χ3v) is 9.99. The number of methoxy groups -OCH3 is 2. The molecule has 0 aliphatic carbocycles. The van der Waals surface area contributed by atoms with Gasteiger partial charge in [0, 0.05) is 42.1 Å². The average molecular weight is 644 g/mol. The number of rotatable bonds is 9. The lowest BCUT2D eigenvalue weighted by Crippen LogP contribution is -2.47. The second kappa shape index (κ2) is 12.4. The van der Waals surface area contributed by atoms with Crippen LogP contribution in [0.1, 0.15) is 33.4 Å². The van der Waals surface area contributed by atoms with Gasteiger partial charge in [0.1, 0.15) is 5.75 Å². The van der Waals surface area contributed by atoms with Gasteiger partial charge in [-0.25, -0.2) is 12.4 Å². The first-order chi connectivity index (χ1) is 21.8. The summed E-state index contributed by atoms with van der Waals surface area (Å²) in [5, 5.41) is 3.89. The lowest BCUT2D eigenvalue weighted by Gasteiger charge is -2.41. The van der Waals surface area contributed by atoms with E-state index in [1.165, 1.54) is 36.5 Å². The van der Waals surface area contributed by atoms with Crippen LogP contribution < -0.4 is 10.1 Å². The summed E-state index contributed by atoms with van der Waals surface area (Å²) in [4.78, 5) is 30.2. The van der Waals surface area contributed by atoms with Gasteiger partial charge in [0.15, 0.2) is 0 Å². The third-order valence-electron chi connectivity index (χ3n) is 8.00. The predicted molar refractivity (Wildman–Crippen MR) is 172 cm³/mol. The minimum atomic E-state index is -4.03. The molecule has 9 nitrogen and oxygen atoms in total. The zero-order valence-corrected chi connectivity index (χ0v) is 26.1. The third kappa shape index (κ3) is 5.45. The van der Waals surface area contributed by atoms with Crippen molar-refractivity contribution in [1.82, 2.24) is 8.87 Å². The highest BCUT2D eigenvalue weighted by Crippen LogP contribution is 2.46. The Morgan fingerprint density at radius 1 is 0.911 bits per heavy atom. The van der Waals surface area contributed by atoms with Crippen molar-refractivity contribution in [3.63, 3.8) is 0 Å². The molecule has 0 bridgehead atoms. The van der Waals surface area contributed by atoms with Crippen LogP contribution in [0.2, 0.25) is 5.02 Å². The molecule has 5 aromatic rings. The van der Waals surface area contributed by atoms with Crippen molar-refractivity contribution < 1.29 is 27.5 Å². The van der Waals surface area contributed by atoms with Gasteiger partial charge in [-0.1, -0.05) is 66.2 Å². The lowest BCUT2D eigenvalue weighted by atomic mass is 9.79. The summed E-state index contributed by atoms with van der Waals surface area (Å²) < 4.78 is 39.8. The molecule has 2 unspecified atom stereocenters. The number of para-hydroxylation sites is 1. The molecule has 2 heterocycles. The molecule has 45 heavy (non-hydrogen) atoms. The van der Waals surface area contributed by atoms with Crippen molar-refractivity contribution >= 4 is 50.0 Å². The van der Waals surface area contributed by atoms with Crippen molar-refractivity contribution in [2.75, 3.05) is 32.7 Å². The molecular formula is C34H30ClN3O6S. The fraction of sp³-hybridized carbons (Fsp3) is 0.176. The summed E-state index contributed by atoms with van der Waals surface area (Å²) in [5.41, 5.74) is 2.29. The highest BCUT2D eigenvalue weighted by molar-refractivity contribution is 7.90. The molecule has 4 aromatic carbocycles. The van der Waals surface area contributed by atoms with Crippen LogP contribution >= 0.6 is 11.6 Å². The number of carbonyl (C=O) groups excluding carboxylic acids is 2. The van der Waals surface area contributed by atoms with Crippen molar-refractivity contribution in [1.29, 1.82) is 0 Å². The normalized spacial score (nSPS) is 16.4. The molecular weight excluding hydrogens is 614 g/mol. The van der Waals surface area contributed by atoms with E-state index in [1.54, 1.807) is 89.8 Å². The van der Waals surface area contributed by atoms with Crippen LogP contribution in [0.4, 0.5) is 5.69 Å². The molecule has 0 saturated heterocycles. The van der Waals surface area contributed by atoms with Gasteiger partial charge in [-0.3, -0.25) is 9.59 Å². The molecule has 2 atom stereocenters. The van der Waals surface area contributed by atoms with Crippen molar-refractivity contribution in [3.8, 4) is 5.75 Å². The van der Waals surface area contributed by atoms with Crippen LogP contribution in [0.3, 0.4) is 0 Å². The second-order valence-electron chi connectivity index (χ2n) is 10.6. The van der Waals surface area contributed by atoms with Crippen LogP contribution in [0.5, 0.6) is 5.75 Å². The van der Waals surface area contributed by atoms with Crippen LogP contribution in [-0.2, 0) is 19.6 Å². The quantitative estimate of drug-likeness (QED) is 0.208. The van der Waals surface area contributed by atoms with E-state index in [4.69, 9.17) is 21.1 Å². The number of carbonyl (C=O) groups is 2. The smallest absolute Gasteiger partial charge is 0.268 e. The van der Waals surface area contributed by atoms with E-state index < -0.39 is 27.9 Å². The number of ether oxygens (including phenoxy) is 2. The van der Waals surface area contributed by atoms with E-state index in [-0.39, 0.29) is 24.0 Å². The SMILES string of the molecule is COCCN1C(=O)c2ccccc2C(C(=O)Nc2ccc(OC)c(Cl)c2)C1c1cn(S(=O)(=O)c2ccccc2)c2ccccc12. The van der Waals surface area contributed by atoms with Crippen LogP contribution in [-0.4, -0.2) is 56.5 Å². The molecule has 0 spiro atoms. The van der Waals surface area contributed by atoms with Gasteiger partial charge in [-0.15, -0.1) is 0 Å². The maximum atomic E-state index is 14.4. The topological polar surface area (TPSA) is 107 Å². The Labute approximate surface area is 266 Å². The standard InChI is InChI=1S/C34H30ClN3O6S/c1-43-19-18-37-32(27-21-38(29-15-9-8-12-24(27)29)45(41,42)23-10-4-3-5-11-23)31(25-13-6-7-14-26(25)34(37)40)33(39)36-22-16-17-30(44-2)28(35)20-22/h3-17,20-21,31-32H,18-19H2,1-2H3,(H,36,39). The van der Waals surface area contributed by atoms with Crippen LogP contribution in [0, 0.1) is 0 Å². The molecule has 11 heteroatoms. The molecule has 2 amide bonds. The summed E-state index contributed by atoms with van der Waals surface area (Å²) in [5.74, 6) is -1.15. The van der Waals surface area contributed by atoms with E-state index in [2.05, 4.69) is 5.32 Å². The molecule has 1 aliphatic rings. The molecule has 6 rings (SSSR count). The van der Waals surface area contributed by atoms with Crippen LogP contribution in [0.25, 0.3) is 10.9 Å². The fourth-order valence-corrected chi connectivity index (χ4v) is 7.59. The number of nitrogens with zero attached hydrogens (tertiary/aromatic N) is 2. The fourth-order valence-electron chi connectivity index (χ4n) is 5.94. The van der Waals surface area contributed by atoms with Crippen molar-refractivity contribution in [2.45, 2.75) is 16.9 Å². The molecule has 0 saturated carbocycles. The molecule has 1 N–H and O–H groups in total. The Bertz CT molecular complexity index is 2010. The van der Waals surface area contributed by atoms with E-state index in [0.29, 0.717) is 44.1 Å². The van der Waals surface area contributed by atoms with E-state index in [0.717, 1.165) is 0 Å². The van der Waals surface area contributed by atoms with E-state index in [9.17, 15) is 18.0 Å². The maximum Gasteiger partial charge on any atom is 0.268 e. The zero-order chi connectivity index (χ0) is 31.7. The van der Waals surface area contributed by atoms with Gasteiger partial charge < -0.3 is 19.7 Å². The summed E-state index contributed by atoms with van der Waals surface area (Å²) in [6.45, 7) is 0.366. The predicted octanol–water partition coefficient (Wildman–Crippen LogP) is 6.11. The van der Waals surface area contributed by atoms with E-state index >= 15 is 0 Å². The number of aromatic nitrogens is 1. The second-order valence-corrected chi connectivity index (χ2v) is 12.8. The number of fused-ring (bicyclic) bond motifs is 2. The average Bonchev–Trinajstić information content (AvgIpc) is 3.45. The van der Waals surface area contributed by atoms with Crippen molar-refractivity contribution in [3.05, 3.63) is 125 Å². The van der Waals surface area contributed by atoms with Gasteiger partial charge in [0.2, 0.25) is 5.91 Å². The monoisotopic (exact) mass is 643 g/mol. The minimum absolute atomic E-state index is 0.115. The first kappa shape index (κ1) is 30.4. The lowest BCUT2D eigenvalue weighted by molar-refractivity contribution is -0.119. The Morgan fingerprint density at radius 2 is 1.62 bits per heavy atom. The number of anilines is 1. The molecule has 1 aliphatic heterocycles. The highest BCUT2D eigenvalue weighted by atomic mass is 35.5. The Kier molecular flexibility index (Phi) is 8.37. The van der Waals surface area contributed by atoms with Gasteiger partial charge in [-0.05, 0) is 48.0 Å². The van der Waals surface area contributed by atoms with Gasteiger partial charge in [0.25, 0.3) is 15.9 Å². The van der Waals surface area contributed by atoms with E-state index in [1.807, 2.05) is 0 Å². The molecule has 0 radical (unpaired) electrons. The number of hydrogen-bond donors (Lipinski definition) is 1. The molecule has 230 valence electrons. The largest absolute Gasteiger partial charge is 0.495 e. The Hall–Kier alpha value is -4.64. The Balaban J connectivity index is 1.56. The molecule has 0 fully saturated rings. The number of hydrogen-bond acceptors (Lipinski definition) is 6. The van der Waals surface area contributed by atoms with Gasteiger partial charge in [-0.2, -0.15) is 0 Å². The number of nitrogens with one attached hydrogen (secondary N) is 1. The highest BCUT2D eigenvalue weighted by Gasteiger charge is 2.45. The number of amides is 2. The van der Waals surface area contributed by atoms with Crippen molar-refractivity contribution in [2.24, 2.45) is 0 Å². The first-order valence-corrected chi connectivity index (χ1v) is 16.0. The number of halogens is 1. The minimum Gasteiger partial charge on any atom is -0.495 e. The zero-order valence-electron chi connectivity index (χ0n) is 24.5. The maximum absolute atomic E-state index is 14.4. The summed E-state index contributed by atoms with van der Waals surface area (Å²) >= 11 is 6.36. The summed E-state index contributed by atoms with van der Waals surface area (Å²) in [6, 6.07) is 26.2. The van der Waals surface area contributed by atoms with Gasteiger partial charge in [0.05, 0.1) is 41.1 Å². The molecule has 1 aromatic heterocycles. The first-order valence-electron chi connectivity index (χ1n) is 14.2. The summed E-state index contributed by atoms with van der Waals surface area (Å²) in [7, 11) is -0.990. The Morgan fingerprint density at radius 3 is 2.36 bits per heavy atom.